The van der Waals surface area contributed by atoms with E-state index in [-0.39, 0.29) is 28.4 Å². The summed E-state index contributed by atoms with van der Waals surface area (Å²) in [6.07, 6.45) is 2.69. The van der Waals surface area contributed by atoms with Crippen molar-refractivity contribution in [1.82, 2.24) is 9.88 Å². The Morgan fingerprint density at radius 1 is 1.48 bits per heavy atom. The van der Waals surface area contributed by atoms with Crippen LogP contribution in [0.15, 0.2) is 17.1 Å². The van der Waals surface area contributed by atoms with Gasteiger partial charge in [0.05, 0.1) is 20.8 Å². The number of nitrogens with one attached hydrogen (secondary N) is 1. The lowest BCUT2D eigenvalue weighted by Gasteiger charge is -2.35. The normalized spacial score (nSPS) is 26.0. The van der Waals surface area contributed by atoms with Crippen LogP contribution in [0.3, 0.4) is 0 Å². The van der Waals surface area contributed by atoms with E-state index in [4.69, 9.17) is 10.2 Å². The number of rotatable bonds is 4. The molecule has 1 atom stereocenters. The van der Waals surface area contributed by atoms with E-state index >= 15 is 4.39 Å². The molecule has 0 radical (unpaired) electrons. The second-order valence-electron chi connectivity index (χ2n) is 6.71. The maximum atomic E-state index is 15.4. The van der Waals surface area contributed by atoms with E-state index < -0.39 is 48.4 Å². The number of piperazine rings is 1. The number of hydrogen-bond donors (Lipinski definition) is 2. The second kappa shape index (κ2) is 6.53. The van der Waals surface area contributed by atoms with Crippen LogP contribution in [0, 0.1) is 5.82 Å². The van der Waals surface area contributed by atoms with Gasteiger partial charge in [-0.1, -0.05) is 0 Å². The van der Waals surface area contributed by atoms with Gasteiger partial charge in [-0.15, -0.1) is 0 Å². The lowest BCUT2D eigenvalue weighted by Crippen LogP contribution is -2.49. The van der Waals surface area contributed by atoms with Crippen molar-refractivity contribution in [2.75, 3.05) is 31.5 Å². The molecule has 2 aliphatic rings. The van der Waals surface area contributed by atoms with E-state index in [1.54, 1.807) is 4.57 Å². The van der Waals surface area contributed by atoms with Crippen molar-refractivity contribution in [1.29, 1.82) is 0 Å². The van der Waals surface area contributed by atoms with Crippen LogP contribution >= 0.6 is 0 Å². The number of carbonyl (C=O) groups is 1. The number of halogens is 1. The Morgan fingerprint density at radius 2 is 2.22 bits per heavy atom. The third kappa shape index (κ3) is 2.93. The van der Waals surface area contributed by atoms with Gasteiger partial charge < -0.3 is 24.6 Å². The van der Waals surface area contributed by atoms with Gasteiger partial charge in [0, 0.05) is 40.6 Å². The minimum atomic E-state index is -2.18. The summed E-state index contributed by atoms with van der Waals surface area (Å²) in [5.74, 6) is -2.56. The Hall–Kier alpha value is -2.61. The number of aromatic carboxylic acids is 1. The van der Waals surface area contributed by atoms with Crippen molar-refractivity contribution < 1.29 is 24.5 Å². The molecule has 2 N–H and O–H groups in total. The SMILES string of the molecule is [2H]C1([2H])CN(c2c(F)cc3c(=O)c(C(=O)O)cn(C4CC4)c3c2OC)C([2H])([2H])[C@H](C)N1. The standard InChI is InChI=1S/C19H22FN3O4/c1-10-8-22(6-5-21-10)16-14(20)7-12-15(18(16)27-2)23(11-3-4-11)9-13(17(12)24)19(25)26/h7,9-11,21H,3-6,8H2,1-2H3,(H,25,26)/t10-/m0/s1/i5D2,8D2. The molecule has 8 heteroatoms. The van der Waals surface area contributed by atoms with Gasteiger partial charge in [-0.2, -0.15) is 0 Å². The maximum absolute atomic E-state index is 15.4. The number of methoxy groups -OCH3 is 1. The number of aromatic nitrogens is 1. The minimum Gasteiger partial charge on any atom is -0.492 e. The monoisotopic (exact) mass is 379 g/mol. The summed E-state index contributed by atoms with van der Waals surface area (Å²) in [6.45, 7) is -3.25. The Morgan fingerprint density at radius 3 is 2.85 bits per heavy atom. The Balaban J connectivity index is 2.07. The quantitative estimate of drug-likeness (QED) is 0.845. The van der Waals surface area contributed by atoms with Crippen LogP contribution in [0.2, 0.25) is 0 Å². The molecule has 0 unspecified atom stereocenters. The fourth-order valence-corrected chi connectivity index (χ4v) is 3.41. The molecule has 2 aromatic rings. The highest BCUT2D eigenvalue weighted by Gasteiger charge is 2.32. The van der Waals surface area contributed by atoms with Crippen LogP contribution in [0.1, 0.15) is 41.6 Å². The van der Waals surface area contributed by atoms with E-state index in [1.165, 1.54) is 20.2 Å². The highest BCUT2D eigenvalue weighted by atomic mass is 19.1. The first-order valence-corrected chi connectivity index (χ1v) is 8.63. The van der Waals surface area contributed by atoms with Gasteiger partial charge in [-0.3, -0.25) is 4.79 Å². The zero-order valence-electron chi connectivity index (χ0n) is 18.9. The first-order chi connectivity index (χ1) is 14.4. The Kier molecular flexibility index (Phi) is 3.27. The predicted octanol–water partition coefficient (Wildman–Crippen LogP) is 1.98. The van der Waals surface area contributed by atoms with Gasteiger partial charge in [0.1, 0.15) is 11.3 Å². The van der Waals surface area contributed by atoms with Gasteiger partial charge in [0.2, 0.25) is 5.43 Å². The molecule has 1 aliphatic heterocycles. The molecule has 144 valence electrons. The number of anilines is 1. The van der Waals surface area contributed by atoms with E-state index in [1.807, 2.05) is 0 Å². The van der Waals surface area contributed by atoms with Gasteiger partial charge in [-0.25, -0.2) is 9.18 Å². The number of fused-ring (bicyclic) bond motifs is 1. The molecule has 1 aromatic carbocycles. The number of ether oxygens (including phenoxy) is 1. The van der Waals surface area contributed by atoms with E-state index in [9.17, 15) is 14.7 Å². The van der Waals surface area contributed by atoms with Crippen molar-refractivity contribution in [3.8, 4) is 5.75 Å². The largest absolute Gasteiger partial charge is 0.492 e. The van der Waals surface area contributed by atoms with E-state index in [0.29, 0.717) is 0 Å². The van der Waals surface area contributed by atoms with Gasteiger partial charge >= 0.3 is 5.97 Å². The Bertz CT molecular complexity index is 1150. The number of carboxylic acid groups (broad SMARTS) is 1. The van der Waals surface area contributed by atoms with Crippen molar-refractivity contribution in [3.63, 3.8) is 0 Å². The highest BCUT2D eigenvalue weighted by molar-refractivity contribution is 5.97. The van der Waals surface area contributed by atoms with Crippen molar-refractivity contribution in [2.45, 2.75) is 31.8 Å². The number of hydrogen-bond acceptors (Lipinski definition) is 5. The van der Waals surface area contributed by atoms with Crippen LogP contribution < -0.4 is 20.4 Å². The smallest absolute Gasteiger partial charge is 0.341 e. The third-order valence-electron chi connectivity index (χ3n) is 4.75. The van der Waals surface area contributed by atoms with Gasteiger partial charge in [0.15, 0.2) is 11.6 Å². The van der Waals surface area contributed by atoms with Gasteiger partial charge in [-0.05, 0) is 25.8 Å². The maximum Gasteiger partial charge on any atom is 0.341 e. The first-order valence-electron chi connectivity index (χ1n) is 10.6. The second-order valence-corrected chi connectivity index (χ2v) is 6.71. The molecule has 0 amide bonds. The van der Waals surface area contributed by atoms with E-state index in [2.05, 4.69) is 5.32 Å². The van der Waals surface area contributed by atoms with E-state index in [0.717, 1.165) is 23.8 Å². The topological polar surface area (TPSA) is 83.8 Å². The van der Waals surface area contributed by atoms with Crippen LogP contribution in [0.25, 0.3) is 10.9 Å². The number of benzene rings is 1. The lowest BCUT2D eigenvalue weighted by molar-refractivity contribution is 0.0695. The molecule has 2 fully saturated rings. The summed E-state index contributed by atoms with van der Waals surface area (Å²) in [6, 6.07) is -0.200. The molecule has 4 rings (SSSR count). The summed E-state index contributed by atoms with van der Waals surface area (Å²) in [5, 5.41) is 11.8. The summed E-state index contributed by atoms with van der Waals surface area (Å²) in [4.78, 5) is 25.3. The summed E-state index contributed by atoms with van der Waals surface area (Å²) in [5.41, 5.74) is -1.50. The molecule has 1 aliphatic carbocycles. The molecule has 1 saturated carbocycles. The number of pyridine rings is 1. The lowest BCUT2D eigenvalue weighted by atomic mass is 10.1. The van der Waals surface area contributed by atoms with Crippen LogP contribution in [-0.2, 0) is 0 Å². The molecular weight excluding hydrogens is 353 g/mol. The molecular formula is C19H22FN3O4. The average Bonchev–Trinajstić information content (AvgIpc) is 3.49. The number of carboxylic acids is 1. The fraction of sp³-hybridized carbons (Fsp3) is 0.474. The van der Waals surface area contributed by atoms with Crippen LogP contribution in [0.5, 0.6) is 5.75 Å². The van der Waals surface area contributed by atoms with Crippen molar-refractivity contribution in [3.05, 3.63) is 33.9 Å². The molecule has 0 spiro atoms. The van der Waals surface area contributed by atoms with Crippen LogP contribution in [-0.4, -0.2) is 48.3 Å². The molecule has 2 heterocycles. The molecule has 1 aromatic heterocycles. The molecule has 27 heavy (non-hydrogen) atoms. The predicted molar refractivity (Wildman–Crippen MR) is 99.6 cm³/mol. The Labute approximate surface area is 161 Å². The summed E-state index contributed by atoms with van der Waals surface area (Å²) < 4.78 is 55.5. The molecule has 7 nitrogen and oxygen atoms in total. The van der Waals surface area contributed by atoms with Crippen molar-refractivity contribution in [2.24, 2.45) is 0 Å². The minimum absolute atomic E-state index is 0.0986. The zero-order valence-corrected chi connectivity index (χ0v) is 14.9. The van der Waals surface area contributed by atoms with Gasteiger partial charge in [0.25, 0.3) is 0 Å². The molecule has 0 bridgehead atoms. The zero-order chi connectivity index (χ0) is 22.9. The highest BCUT2D eigenvalue weighted by Crippen LogP contribution is 2.43. The number of nitrogens with zero attached hydrogens (tertiary/aromatic N) is 2. The van der Waals surface area contributed by atoms with Crippen LogP contribution in [0.4, 0.5) is 10.1 Å². The fourth-order valence-electron chi connectivity index (χ4n) is 3.41. The third-order valence-corrected chi connectivity index (χ3v) is 4.75. The summed E-state index contributed by atoms with van der Waals surface area (Å²) >= 11 is 0. The van der Waals surface area contributed by atoms with Crippen molar-refractivity contribution >= 4 is 22.6 Å². The summed E-state index contributed by atoms with van der Waals surface area (Å²) in [7, 11) is 1.25. The molecule has 1 saturated heterocycles. The average molecular weight is 379 g/mol. The first kappa shape index (κ1) is 13.5.